The number of nitrogens with zero attached hydrogens (tertiary/aromatic N) is 3. The van der Waals surface area contributed by atoms with Gasteiger partial charge in [-0.1, -0.05) is 6.07 Å². The minimum atomic E-state index is -0.231. The molecule has 22 heavy (non-hydrogen) atoms. The molecule has 2 heterocycles. The molecule has 1 atom stereocenters. The SMILES string of the molecule is CCOc1ncccc1CNC(=O)N[C@@H](C)Cn1cccn1. The van der Waals surface area contributed by atoms with Crippen LogP contribution in [0, 0.1) is 0 Å². The van der Waals surface area contributed by atoms with Crippen molar-refractivity contribution in [1.29, 1.82) is 0 Å². The molecule has 2 N–H and O–H groups in total. The summed E-state index contributed by atoms with van der Waals surface area (Å²) in [5, 5.41) is 9.79. The van der Waals surface area contributed by atoms with E-state index in [1.807, 2.05) is 38.2 Å². The first kappa shape index (κ1) is 15.8. The van der Waals surface area contributed by atoms with E-state index >= 15 is 0 Å². The van der Waals surface area contributed by atoms with Crippen molar-refractivity contribution in [3.63, 3.8) is 0 Å². The van der Waals surface area contributed by atoms with Gasteiger partial charge in [-0.05, 0) is 26.0 Å². The Bertz CT molecular complexity index is 585. The summed E-state index contributed by atoms with van der Waals surface area (Å²) in [5.74, 6) is 0.551. The van der Waals surface area contributed by atoms with E-state index in [1.165, 1.54) is 0 Å². The molecule has 0 radical (unpaired) electrons. The van der Waals surface area contributed by atoms with E-state index < -0.39 is 0 Å². The fraction of sp³-hybridized carbons (Fsp3) is 0.400. The maximum absolute atomic E-state index is 11.9. The standard InChI is InChI=1S/C15H21N5O2/c1-3-22-14-13(6-4-7-16-14)10-17-15(21)19-12(2)11-20-9-5-8-18-20/h4-9,12H,3,10-11H2,1-2H3,(H2,17,19,21)/t12-/m0/s1. The predicted molar refractivity (Wildman–Crippen MR) is 82.5 cm³/mol. The first-order valence-electron chi connectivity index (χ1n) is 7.27. The number of carbonyl (C=O) groups excluding carboxylic acids is 1. The fourth-order valence-corrected chi connectivity index (χ4v) is 2.01. The molecule has 7 heteroatoms. The molecular weight excluding hydrogens is 282 g/mol. The number of carbonyl (C=O) groups is 1. The van der Waals surface area contributed by atoms with Crippen LogP contribution in [0.4, 0.5) is 4.79 Å². The van der Waals surface area contributed by atoms with Crippen molar-refractivity contribution in [3.05, 3.63) is 42.4 Å². The molecule has 0 aliphatic rings. The third kappa shape index (κ3) is 4.76. The number of hydrogen-bond acceptors (Lipinski definition) is 4. The van der Waals surface area contributed by atoms with Gasteiger partial charge in [-0.15, -0.1) is 0 Å². The smallest absolute Gasteiger partial charge is 0.315 e. The third-order valence-electron chi connectivity index (χ3n) is 2.97. The van der Waals surface area contributed by atoms with Gasteiger partial charge in [0.15, 0.2) is 0 Å². The van der Waals surface area contributed by atoms with Crippen LogP contribution in [0.15, 0.2) is 36.8 Å². The molecule has 0 aliphatic carbocycles. The molecule has 118 valence electrons. The van der Waals surface area contributed by atoms with Crippen LogP contribution in [0.1, 0.15) is 19.4 Å². The summed E-state index contributed by atoms with van der Waals surface area (Å²) in [6, 6.07) is 5.29. The maximum Gasteiger partial charge on any atom is 0.315 e. The van der Waals surface area contributed by atoms with E-state index in [0.717, 1.165) is 5.56 Å². The largest absolute Gasteiger partial charge is 0.478 e. The monoisotopic (exact) mass is 303 g/mol. The number of rotatable bonds is 7. The number of pyridine rings is 1. The van der Waals surface area contributed by atoms with Crippen LogP contribution >= 0.6 is 0 Å². The number of amides is 2. The number of hydrogen-bond donors (Lipinski definition) is 2. The Balaban J connectivity index is 1.80. The van der Waals surface area contributed by atoms with Crippen LogP contribution in [0.25, 0.3) is 0 Å². The Morgan fingerprint density at radius 1 is 1.41 bits per heavy atom. The summed E-state index contributed by atoms with van der Waals surface area (Å²) < 4.78 is 7.20. The molecule has 0 saturated carbocycles. The van der Waals surface area contributed by atoms with Gasteiger partial charge in [0.25, 0.3) is 0 Å². The maximum atomic E-state index is 11.9. The van der Waals surface area contributed by atoms with E-state index in [0.29, 0.717) is 25.6 Å². The highest BCUT2D eigenvalue weighted by Gasteiger charge is 2.09. The molecule has 2 aromatic rings. The second-order valence-corrected chi connectivity index (χ2v) is 4.86. The van der Waals surface area contributed by atoms with Crippen LogP contribution in [0.5, 0.6) is 5.88 Å². The third-order valence-corrected chi connectivity index (χ3v) is 2.97. The van der Waals surface area contributed by atoms with Gasteiger partial charge in [0, 0.05) is 36.7 Å². The summed E-state index contributed by atoms with van der Waals surface area (Å²) >= 11 is 0. The Morgan fingerprint density at radius 2 is 2.27 bits per heavy atom. The van der Waals surface area contributed by atoms with E-state index in [4.69, 9.17) is 4.74 Å². The normalized spacial score (nSPS) is 11.7. The topological polar surface area (TPSA) is 81.1 Å². The Hall–Kier alpha value is -2.57. The number of ether oxygens (including phenoxy) is 1. The van der Waals surface area contributed by atoms with Gasteiger partial charge in [0.1, 0.15) is 0 Å². The van der Waals surface area contributed by atoms with Gasteiger partial charge in [-0.25, -0.2) is 9.78 Å². The van der Waals surface area contributed by atoms with E-state index in [2.05, 4.69) is 20.7 Å². The van der Waals surface area contributed by atoms with E-state index in [9.17, 15) is 4.79 Å². The van der Waals surface area contributed by atoms with Gasteiger partial charge in [0.05, 0.1) is 13.2 Å². The van der Waals surface area contributed by atoms with Gasteiger partial charge >= 0.3 is 6.03 Å². The van der Waals surface area contributed by atoms with E-state index in [-0.39, 0.29) is 12.1 Å². The van der Waals surface area contributed by atoms with Crippen LogP contribution < -0.4 is 15.4 Å². The number of nitrogens with one attached hydrogen (secondary N) is 2. The first-order chi connectivity index (χ1) is 10.7. The summed E-state index contributed by atoms with van der Waals surface area (Å²) in [5.41, 5.74) is 0.847. The highest BCUT2D eigenvalue weighted by molar-refractivity contribution is 5.74. The van der Waals surface area contributed by atoms with Gasteiger partial charge in [-0.3, -0.25) is 4.68 Å². The number of aromatic nitrogens is 3. The minimum absolute atomic E-state index is 0.0276. The molecule has 0 bridgehead atoms. The fourth-order valence-electron chi connectivity index (χ4n) is 2.01. The second-order valence-electron chi connectivity index (χ2n) is 4.86. The predicted octanol–water partition coefficient (Wildman–Crippen LogP) is 1.56. The van der Waals surface area contributed by atoms with Crippen LogP contribution in [0.2, 0.25) is 0 Å². The average Bonchev–Trinajstić information content (AvgIpc) is 2.99. The summed E-state index contributed by atoms with van der Waals surface area (Å²) in [6.07, 6.45) is 5.24. The lowest BCUT2D eigenvalue weighted by atomic mass is 10.2. The van der Waals surface area contributed by atoms with Gasteiger partial charge < -0.3 is 15.4 Å². The second kappa shape index (κ2) is 8.02. The Morgan fingerprint density at radius 3 is 3.00 bits per heavy atom. The molecule has 0 unspecified atom stereocenters. The lowest BCUT2D eigenvalue weighted by Gasteiger charge is -2.15. The molecule has 0 saturated heterocycles. The molecular formula is C15H21N5O2. The van der Waals surface area contributed by atoms with Crippen LogP contribution in [-0.2, 0) is 13.1 Å². The van der Waals surface area contributed by atoms with E-state index in [1.54, 1.807) is 17.1 Å². The van der Waals surface area contributed by atoms with Crippen molar-refractivity contribution in [2.24, 2.45) is 0 Å². The zero-order valence-electron chi connectivity index (χ0n) is 12.8. The molecule has 2 amide bonds. The van der Waals surface area contributed by atoms with Crippen molar-refractivity contribution < 1.29 is 9.53 Å². The van der Waals surface area contributed by atoms with Crippen molar-refractivity contribution in [2.45, 2.75) is 33.0 Å². The van der Waals surface area contributed by atoms with Crippen molar-refractivity contribution in [3.8, 4) is 5.88 Å². The zero-order valence-corrected chi connectivity index (χ0v) is 12.8. The lowest BCUT2D eigenvalue weighted by molar-refractivity contribution is 0.235. The molecule has 2 rings (SSSR count). The highest BCUT2D eigenvalue weighted by Crippen LogP contribution is 2.13. The zero-order chi connectivity index (χ0) is 15.8. The van der Waals surface area contributed by atoms with Gasteiger partial charge in [-0.2, -0.15) is 5.10 Å². The van der Waals surface area contributed by atoms with Crippen molar-refractivity contribution in [2.75, 3.05) is 6.61 Å². The molecule has 7 nitrogen and oxygen atoms in total. The first-order valence-corrected chi connectivity index (χ1v) is 7.27. The Kier molecular flexibility index (Phi) is 5.76. The van der Waals surface area contributed by atoms with Crippen LogP contribution in [-0.4, -0.2) is 33.4 Å². The lowest BCUT2D eigenvalue weighted by Crippen LogP contribution is -2.42. The quantitative estimate of drug-likeness (QED) is 0.813. The molecule has 0 spiro atoms. The minimum Gasteiger partial charge on any atom is -0.478 e. The molecule has 2 aromatic heterocycles. The average molecular weight is 303 g/mol. The molecule has 0 aromatic carbocycles. The number of urea groups is 1. The molecule has 0 aliphatic heterocycles. The Labute approximate surface area is 129 Å². The van der Waals surface area contributed by atoms with Crippen LogP contribution in [0.3, 0.4) is 0 Å². The molecule has 0 fully saturated rings. The van der Waals surface area contributed by atoms with Crippen molar-refractivity contribution in [1.82, 2.24) is 25.4 Å². The summed E-state index contributed by atoms with van der Waals surface area (Å²) in [6.45, 7) is 5.35. The highest BCUT2D eigenvalue weighted by atomic mass is 16.5. The van der Waals surface area contributed by atoms with Gasteiger partial charge in [0.2, 0.25) is 5.88 Å². The summed E-state index contributed by atoms with van der Waals surface area (Å²) in [7, 11) is 0. The summed E-state index contributed by atoms with van der Waals surface area (Å²) in [4.78, 5) is 16.1. The van der Waals surface area contributed by atoms with Crippen molar-refractivity contribution >= 4 is 6.03 Å².